The number of carbonyl (C=O) groups is 3. The fraction of sp³-hybridized carbons (Fsp3) is 0.526. The van der Waals surface area contributed by atoms with E-state index in [2.05, 4.69) is 5.32 Å². The molecular formula is C19H25NO6. The largest absolute Gasteiger partial charge is 0.466 e. The summed E-state index contributed by atoms with van der Waals surface area (Å²) in [5.41, 5.74) is 0.847. The molecule has 0 spiro atoms. The smallest absolute Gasteiger partial charge is 0.408 e. The van der Waals surface area contributed by atoms with Crippen LogP contribution in [0.25, 0.3) is 0 Å². The molecule has 0 saturated heterocycles. The number of ether oxygens (including phenoxy) is 3. The lowest BCUT2D eigenvalue weighted by molar-refractivity contribution is -0.147. The molecule has 26 heavy (non-hydrogen) atoms. The predicted molar refractivity (Wildman–Crippen MR) is 93.0 cm³/mol. The molecule has 1 aliphatic rings. The molecule has 1 aliphatic carbocycles. The molecule has 1 fully saturated rings. The van der Waals surface area contributed by atoms with E-state index in [4.69, 9.17) is 14.2 Å². The summed E-state index contributed by atoms with van der Waals surface area (Å²) in [5.74, 6) is -1.00. The summed E-state index contributed by atoms with van der Waals surface area (Å²) < 4.78 is 15.2. The molecule has 1 saturated carbocycles. The van der Waals surface area contributed by atoms with Gasteiger partial charge in [-0.15, -0.1) is 0 Å². The quantitative estimate of drug-likeness (QED) is 0.535. The first kappa shape index (κ1) is 19.8. The van der Waals surface area contributed by atoms with E-state index in [-0.39, 0.29) is 31.0 Å². The van der Waals surface area contributed by atoms with E-state index >= 15 is 0 Å². The summed E-state index contributed by atoms with van der Waals surface area (Å²) in [6, 6.07) is 8.40. The number of esters is 2. The minimum Gasteiger partial charge on any atom is -0.466 e. The van der Waals surface area contributed by atoms with E-state index in [1.54, 1.807) is 13.8 Å². The Morgan fingerprint density at radius 2 is 1.77 bits per heavy atom. The highest BCUT2D eigenvalue weighted by Crippen LogP contribution is 2.43. The van der Waals surface area contributed by atoms with Gasteiger partial charge in [0.25, 0.3) is 0 Å². The van der Waals surface area contributed by atoms with Crippen LogP contribution >= 0.6 is 0 Å². The van der Waals surface area contributed by atoms with E-state index < -0.39 is 18.1 Å². The van der Waals surface area contributed by atoms with Crippen molar-refractivity contribution in [3.05, 3.63) is 35.9 Å². The van der Waals surface area contributed by atoms with Crippen LogP contribution in [-0.2, 0) is 30.4 Å². The maximum Gasteiger partial charge on any atom is 0.408 e. The van der Waals surface area contributed by atoms with Crippen molar-refractivity contribution in [3.8, 4) is 0 Å². The fourth-order valence-electron chi connectivity index (χ4n) is 2.71. The maximum absolute atomic E-state index is 12.1. The Balaban J connectivity index is 1.85. The van der Waals surface area contributed by atoms with Gasteiger partial charge in [0.05, 0.1) is 19.1 Å². The van der Waals surface area contributed by atoms with Crippen molar-refractivity contribution in [1.82, 2.24) is 5.32 Å². The van der Waals surface area contributed by atoms with Gasteiger partial charge >= 0.3 is 18.0 Å². The van der Waals surface area contributed by atoms with Crippen LogP contribution in [0.4, 0.5) is 4.79 Å². The van der Waals surface area contributed by atoms with E-state index in [9.17, 15) is 14.4 Å². The lowest BCUT2D eigenvalue weighted by Crippen LogP contribution is -2.42. The molecule has 3 unspecified atom stereocenters. The number of carbonyl (C=O) groups excluding carboxylic acids is 3. The van der Waals surface area contributed by atoms with E-state index in [1.807, 2.05) is 30.3 Å². The van der Waals surface area contributed by atoms with Crippen LogP contribution in [0.15, 0.2) is 30.3 Å². The molecule has 142 valence electrons. The molecule has 1 amide bonds. The highest BCUT2D eigenvalue weighted by molar-refractivity contribution is 5.82. The molecule has 1 N–H and O–H groups in total. The molecule has 0 aliphatic heterocycles. The third-order valence-electron chi connectivity index (χ3n) is 4.13. The summed E-state index contributed by atoms with van der Waals surface area (Å²) in [4.78, 5) is 35.9. The fourth-order valence-corrected chi connectivity index (χ4v) is 2.71. The van der Waals surface area contributed by atoms with Gasteiger partial charge in [0.15, 0.2) is 0 Å². The Kier molecular flexibility index (Phi) is 7.44. The number of alkyl carbamates (subject to hydrolysis) is 1. The zero-order valence-corrected chi connectivity index (χ0v) is 15.1. The Hall–Kier alpha value is -2.57. The van der Waals surface area contributed by atoms with Crippen LogP contribution < -0.4 is 5.32 Å². The number of hydrogen-bond donors (Lipinski definition) is 1. The maximum atomic E-state index is 12.1. The number of rotatable bonds is 9. The SMILES string of the molecule is CCOC(=O)C(CC1CC1C(=O)OCC)NC(=O)OCc1ccccc1. The average Bonchev–Trinajstić information content (AvgIpc) is 3.40. The number of benzene rings is 1. The molecule has 0 bridgehead atoms. The molecule has 0 radical (unpaired) electrons. The molecule has 7 heteroatoms. The van der Waals surface area contributed by atoms with Gasteiger partial charge in [-0.3, -0.25) is 4.79 Å². The molecule has 0 aromatic heterocycles. The van der Waals surface area contributed by atoms with Crippen LogP contribution in [0.5, 0.6) is 0 Å². The summed E-state index contributed by atoms with van der Waals surface area (Å²) in [7, 11) is 0. The summed E-state index contributed by atoms with van der Waals surface area (Å²) in [6.45, 7) is 4.09. The van der Waals surface area contributed by atoms with Crippen LogP contribution in [0.2, 0.25) is 0 Å². The van der Waals surface area contributed by atoms with E-state index in [1.165, 1.54) is 0 Å². The number of hydrogen-bond acceptors (Lipinski definition) is 6. The monoisotopic (exact) mass is 363 g/mol. The molecule has 2 rings (SSSR count). The van der Waals surface area contributed by atoms with Gasteiger partial charge in [0.2, 0.25) is 0 Å². The molecular weight excluding hydrogens is 338 g/mol. The van der Waals surface area contributed by atoms with Gasteiger partial charge in [0, 0.05) is 0 Å². The van der Waals surface area contributed by atoms with Crippen molar-refractivity contribution in [3.63, 3.8) is 0 Å². The highest BCUT2D eigenvalue weighted by Gasteiger charge is 2.46. The lowest BCUT2D eigenvalue weighted by Gasteiger charge is -2.17. The summed E-state index contributed by atoms with van der Waals surface area (Å²) in [6.07, 6.45) is 0.276. The second kappa shape index (κ2) is 9.79. The van der Waals surface area contributed by atoms with Crippen molar-refractivity contribution in [2.45, 2.75) is 39.3 Å². The van der Waals surface area contributed by atoms with Crippen LogP contribution in [0, 0.1) is 11.8 Å². The first-order chi connectivity index (χ1) is 12.5. The zero-order chi connectivity index (χ0) is 18.9. The first-order valence-electron chi connectivity index (χ1n) is 8.85. The normalized spacial score (nSPS) is 19.2. The van der Waals surface area contributed by atoms with Gasteiger partial charge in [-0.1, -0.05) is 30.3 Å². The van der Waals surface area contributed by atoms with Gasteiger partial charge in [-0.2, -0.15) is 0 Å². The third-order valence-corrected chi connectivity index (χ3v) is 4.13. The molecule has 7 nitrogen and oxygen atoms in total. The second-order valence-corrected chi connectivity index (χ2v) is 6.10. The zero-order valence-electron chi connectivity index (χ0n) is 15.1. The second-order valence-electron chi connectivity index (χ2n) is 6.10. The minimum absolute atomic E-state index is 0.00196. The number of nitrogens with one attached hydrogen (secondary N) is 1. The highest BCUT2D eigenvalue weighted by atomic mass is 16.6. The Labute approximate surface area is 153 Å². The summed E-state index contributed by atoms with van der Waals surface area (Å²) in [5, 5.41) is 2.55. The average molecular weight is 363 g/mol. The molecule has 3 atom stereocenters. The molecule has 0 heterocycles. The van der Waals surface area contributed by atoms with Crippen LogP contribution in [0.1, 0.15) is 32.3 Å². The van der Waals surface area contributed by atoms with Gasteiger partial charge in [0.1, 0.15) is 12.6 Å². The Morgan fingerprint density at radius 1 is 1.08 bits per heavy atom. The molecule has 1 aromatic carbocycles. The third kappa shape index (κ3) is 6.06. The van der Waals surface area contributed by atoms with Crippen molar-refractivity contribution >= 4 is 18.0 Å². The van der Waals surface area contributed by atoms with Crippen molar-refractivity contribution < 1.29 is 28.6 Å². The topological polar surface area (TPSA) is 90.9 Å². The van der Waals surface area contributed by atoms with Gasteiger partial charge in [-0.25, -0.2) is 9.59 Å². The van der Waals surface area contributed by atoms with E-state index in [0.29, 0.717) is 19.4 Å². The summed E-state index contributed by atoms with van der Waals surface area (Å²) >= 11 is 0. The minimum atomic E-state index is -0.845. The van der Waals surface area contributed by atoms with Gasteiger partial charge < -0.3 is 19.5 Å². The Morgan fingerprint density at radius 3 is 2.42 bits per heavy atom. The lowest BCUT2D eigenvalue weighted by atomic mass is 10.1. The number of amides is 1. The van der Waals surface area contributed by atoms with Crippen molar-refractivity contribution in [2.24, 2.45) is 11.8 Å². The van der Waals surface area contributed by atoms with Gasteiger partial charge in [-0.05, 0) is 38.2 Å². The Bertz CT molecular complexity index is 618. The van der Waals surface area contributed by atoms with Crippen molar-refractivity contribution in [2.75, 3.05) is 13.2 Å². The standard InChI is InChI=1S/C19H25NO6/c1-3-24-17(21)15-10-14(15)11-16(18(22)25-4-2)20-19(23)26-12-13-8-6-5-7-9-13/h5-9,14-16H,3-4,10-12H2,1-2H3,(H,20,23). The predicted octanol–water partition coefficient (Wildman–Crippen LogP) is 2.43. The van der Waals surface area contributed by atoms with Crippen molar-refractivity contribution in [1.29, 1.82) is 0 Å². The van der Waals surface area contributed by atoms with E-state index in [0.717, 1.165) is 5.56 Å². The van der Waals surface area contributed by atoms with Crippen LogP contribution in [0.3, 0.4) is 0 Å². The molecule has 1 aromatic rings. The first-order valence-corrected chi connectivity index (χ1v) is 8.85. The van der Waals surface area contributed by atoms with Crippen LogP contribution in [-0.4, -0.2) is 37.3 Å².